The van der Waals surface area contributed by atoms with Crippen LogP contribution in [0.1, 0.15) is 15.9 Å². The van der Waals surface area contributed by atoms with Crippen molar-refractivity contribution >= 4 is 17.3 Å². The summed E-state index contributed by atoms with van der Waals surface area (Å²) in [6, 6.07) is 4.53. The lowest BCUT2D eigenvalue weighted by Gasteiger charge is -2.02. The fraction of sp³-hybridized carbons (Fsp3) is 0.0909. The molecule has 0 aliphatic carbocycles. The van der Waals surface area contributed by atoms with Gasteiger partial charge in [0.1, 0.15) is 16.9 Å². The van der Waals surface area contributed by atoms with Crippen LogP contribution in [0.5, 0.6) is 5.75 Å². The van der Waals surface area contributed by atoms with Crippen molar-refractivity contribution in [2.45, 2.75) is 6.92 Å². The highest BCUT2D eigenvalue weighted by Gasteiger charge is 2.08. The highest BCUT2D eigenvalue weighted by Crippen LogP contribution is 2.25. The molecule has 4 nitrogen and oxygen atoms in total. The average molecular weight is 204 g/mol. The quantitative estimate of drug-likeness (QED) is 0.566. The zero-order chi connectivity index (χ0) is 11.0. The van der Waals surface area contributed by atoms with Crippen LogP contribution in [0.4, 0.5) is 0 Å². The van der Waals surface area contributed by atoms with Crippen molar-refractivity contribution < 1.29 is 14.3 Å². The van der Waals surface area contributed by atoms with E-state index in [0.717, 1.165) is 0 Å². The zero-order valence-corrected chi connectivity index (χ0v) is 7.98. The van der Waals surface area contributed by atoms with E-state index in [0.29, 0.717) is 22.8 Å². The monoisotopic (exact) mass is 204 g/mol. The van der Waals surface area contributed by atoms with Crippen LogP contribution in [-0.4, -0.2) is 11.4 Å². The van der Waals surface area contributed by atoms with Crippen molar-refractivity contribution in [1.29, 1.82) is 0 Å². The number of carbonyl (C=O) groups is 1. The number of aldehydes is 1. The van der Waals surface area contributed by atoms with Gasteiger partial charge in [-0.3, -0.25) is 4.79 Å². The number of carbonyl (C=O) groups excluding carboxylic acids is 1. The molecule has 0 atom stereocenters. The van der Waals surface area contributed by atoms with Crippen LogP contribution >= 0.6 is 0 Å². The molecular formula is C11H8O4. The third-order valence-electron chi connectivity index (χ3n) is 2.28. The van der Waals surface area contributed by atoms with Crippen molar-refractivity contribution in [3.63, 3.8) is 0 Å². The number of rotatable bonds is 1. The molecule has 0 unspecified atom stereocenters. The summed E-state index contributed by atoms with van der Waals surface area (Å²) in [5.74, 6) is 0.0597. The van der Waals surface area contributed by atoms with Gasteiger partial charge in [-0.15, -0.1) is 0 Å². The lowest BCUT2D eigenvalue weighted by Crippen LogP contribution is -2.05. The number of aryl methyl sites for hydroxylation is 1. The molecule has 2 aromatic rings. The summed E-state index contributed by atoms with van der Waals surface area (Å²) in [5, 5.41) is 10.0. The van der Waals surface area contributed by atoms with Gasteiger partial charge in [-0.2, -0.15) is 0 Å². The van der Waals surface area contributed by atoms with Gasteiger partial charge in [0.25, 0.3) is 0 Å². The van der Waals surface area contributed by atoms with Crippen LogP contribution < -0.4 is 5.63 Å². The Labute approximate surface area is 84.8 Å². The number of benzene rings is 1. The Balaban J connectivity index is 2.93. The van der Waals surface area contributed by atoms with Gasteiger partial charge in [0.05, 0.1) is 0 Å². The summed E-state index contributed by atoms with van der Waals surface area (Å²) in [5.41, 5.74) is 0.0893. The summed E-state index contributed by atoms with van der Waals surface area (Å²) < 4.78 is 4.95. The summed E-state index contributed by atoms with van der Waals surface area (Å²) in [6.45, 7) is 1.64. The second-order valence-corrected chi connectivity index (χ2v) is 3.24. The van der Waals surface area contributed by atoms with Crippen LogP contribution in [0.3, 0.4) is 0 Å². The fourth-order valence-corrected chi connectivity index (χ4v) is 1.41. The van der Waals surface area contributed by atoms with Gasteiger partial charge in [0, 0.05) is 10.9 Å². The summed E-state index contributed by atoms with van der Waals surface area (Å²) in [6.07, 6.45) is 0.452. The van der Waals surface area contributed by atoms with Gasteiger partial charge >= 0.3 is 5.63 Å². The normalized spacial score (nSPS) is 10.5. The lowest BCUT2D eigenvalue weighted by molar-refractivity contribution is 0.112. The summed E-state index contributed by atoms with van der Waals surface area (Å²) in [7, 11) is 0. The summed E-state index contributed by atoms with van der Waals surface area (Å²) >= 11 is 0. The van der Waals surface area contributed by atoms with Crippen molar-refractivity contribution in [2.24, 2.45) is 0 Å². The van der Waals surface area contributed by atoms with Gasteiger partial charge in [0.2, 0.25) is 0 Å². The minimum Gasteiger partial charge on any atom is -0.508 e. The highest BCUT2D eigenvalue weighted by molar-refractivity contribution is 5.86. The number of aromatic hydroxyl groups is 1. The van der Waals surface area contributed by atoms with Crippen LogP contribution in [0.15, 0.2) is 27.4 Å². The van der Waals surface area contributed by atoms with Crippen LogP contribution in [0, 0.1) is 6.92 Å². The van der Waals surface area contributed by atoms with E-state index in [-0.39, 0.29) is 11.3 Å². The van der Waals surface area contributed by atoms with Crippen LogP contribution in [-0.2, 0) is 0 Å². The number of fused-ring (bicyclic) bond motifs is 1. The standard InChI is InChI=1S/C11H8O4/c1-6-9(13)3-2-7-4-8(5-12)11(14)15-10(6)7/h2-5,13H,1H3. The Morgan fingerprint density at radius 2 is 2.13 bits per heavy atom. The molecule has 4 heteroatoms. The lowest BCUT2D eigenvalue weighted by atomic mass is 10.1. The Bertz CT molecular complexity index is 595. The van der Waals surface area contributed by atoms with Crippen molar-refractivity contribution in [2.75, 3.05) is 0 Å². The van der Waals surface area contributed by atoms with Gasteiger partial charge in [-0.05, 0) is 25.1 Å². The van der Waals surface area contributed by atoms with Crippen molar-refractivity contribution in [3.8, 4) is 5.75 Å². The largest absolute Gasteiger partial charge is 0.508 e. The maximum absolute atomic E-state index is 11.2. The maximum Gasteiger partial charge on any atom is 0.346 e. The second kappa shape index (κ2) is 3.24. The molecule has 2 rings (SSSR count). The molecule has 0 aliphatic rings. The Morgan fingerprint density at radius 1 is 1.40 bits per heavy atom. The van der Waals surface area contributed by atoms with E-state index in [1.165, 1.54) is 12.1 Å². The van der Waals surface area contributed by atoms with Crippen LogP contribution in [0.25, 0.3) is 11.0 Å². The molecule has 0 amide bonds. The maximum atomic E-state index is 11.2. The van der Waals surface area contributed by atoms with E-state index < -0.39 is 5.63 Å². The predicted molar refractivity (Wildman–Crippen MR) is 54.3 cm³/mol. The molecule has 1 N–H and O–H groups in total. The Morgan fingerprint density at radius 3 is 2.80 bits per heavy atom. The molecule has 76 valence electrons. The number of phenolic OH excluding ortho intramolecular Hbond substituents is 1. The minimum absolute atomic E-state index is 0.0208. The molecule has 0 spiro atoms. The SMILES string of the molecule is Cc1c(O)ccc2cc(C=O)c(=O)oc12. The Kier molecular flexibility index (Phi) is 2.04. The third-order valence-corrected chi connectivity index (χ3v) is 2.28. The molecule has 15 heavy (non-hydrogen) atoms. The number of phenols is 1. The molecule has 1 aromatic heterocycles. The Hall–Kier alpha value is -2.10. The summed E-state index contributed by atoms with van der Waals surface area (Å²) in [4.78, 5) is 21.8. The number of hydrogen-bond acceptors (Lipinski definition) is 4. The molecule has 1 aromatic carbocycles. The molecule has 1 heterocycles. The zero-order valence-electron chi connectivity index (χ0n) is 7.98. The first-order valence-corrected chi connectivity index (χ1v) is 4.35. The molecular weight excluding hydrogens is 196 g/mol. The molecule has 0 radical (unpaired) electrons. The number of hydrogen-bond donors (Lipinski definition) is 1. The van der Waals surface area contributed by atoms with E-state index in [4.69, 9.17) is 4.42 Å². The smallest absolute Gasteiger partial charge is 0.346 e. The first-order valence-electron chi connectivity index (χ1n) is 4.35. The average Bonchev–Trinajstić information content (AvgIpc) is 2.24. The second-order valence-electron chi connectivity index (χ2n) is 3.24. The van der Waals surface area contributed by atoms with Crippen molar-refractivity contribution in [1.82, 2.24) is 0 Å². The fourth-order valence-electron chi connectivity index (χ4n) is 1.41. The molecule has 0 saturated heterocycles. The topological polar surface area (TPSA) is 67.5 Å². The molecule has 0 aliphatic heterocycles. The third kappa shape index (κ3) is 1.40. The predicted octanol–water partition coefficient (Wildman–Crippen LogP) is 1.62. The molecule has 0 fully saturated rings. The van der Waals surface area contributed by atoms with E-state index in [9.17, 15) is 14.7 Å². The van der Waals surface area contributed by atoms with E-state index >= 15 is 0 Å². The molecule has 0 bridgehead atoms. The van der Waals surface area contributed by atoms with Gasteiger partial charge in [0.15, 0.2) is 6.29 Å². The van der Waals surface area contributed by atoms with Crippen molar-refractivity contribution in [3.05, 3.63) is 39.7 Å². The van der Waals surface area contributed by atoms with Crippen LogP contribution in [0.2, 0.25) is 0 Å². The van der Waals surface area contributed by atoms with Gasteiger partial charge in [-0.25, -0.2) is 4.79 Å². The first kappa shape index (κ1) is 9.45. The van der Waals surface area contributed by atoms with E-state index in [2.05, 4.69) is 0 Å². The minimum atomic E-state index is -0.689. The van der Waals surface area contributed by atoms with Gasteiger partial charge < -0.3 is 9.52 Å². The van der Waals surface area contributed by atoms with E-state index in [1.807, 2.05) is 0 Å². The first-order chi connectivity index (χ1) is 7.13. The highest BCUT2D eigenvalue weighted by atomic mass is 16.4. The molecule has 0 saturated carbocycles. The van der Waals surface area contributed by atoms with E-state index in [1.54, 1.807) is 13.0 Å². The van der Waals surface area contributed by atoms with Gasteiger partial charge in [-0.1, -0.05) is 0 Å².